The smallest absolute Gasteiger partial charge is 0.146 e. The number of hydrogen-bond donors (Lipinski definition) is 2. The van der Waals surface area contributed by atoms with Gasteiger partial charge < -0.3 is 10.6 Å². The number of halogens is 2. The second-order valence-corrected chi connectivity index (χ2v) is 4.94. The fourth-order valence-electron chi connectivity index (χ4n) is 2.91. The van der Waals surface area contributed by atoms with Gasteiger partial charge in [-0.3, -0.25) is 0 Å². The molecule has 2 nitrogen and oxygen atoms in total. The average molecular weight is 238 g/mol. The monoisotopic (exact) mass is 238 g/mol. The Kier molecular flexibility index (Phi) is 2.74. The molecule has 92 valence electrons. The van der Waals surface area contributed by atoms with Crippen molar-refractivity contribution in [3.63, 3.8) is 0 Å². The molecule has 0 bridgehead atoms. The maximum atomic E-state index is 13.6. The summed E-state index contributed by atoms with van der Waals surface area (Å²) < 4.78 is 27.2. The minimum absolute atomic E-state index is 0.171. The molecule has 2 unspecified atom stereocenters. The van der Waals surface area contributed by atoms with Gasteiger partial charge in [0, 0.05) is 11.6 Å². The van der Waals surface area contributed by atoms with Gasteiger partial charge in [-0.05, 0) is 50.4 Å². The van der Waals surface area contributed by atoms with E-state index in [-0.39, 0.29) is 17.7 Å². The summed E-state index contributed by atoms with van der Waals surface area (Å²) in [6, 6.07) is 2.59. The van der Waals surface area contributed by atoms with Gasteiger partial charge >= 0.3 is 0 Å². The maximum Gasteiger partial charge on any atom is 0.146 e. The van der Waals surface area contributed by atoms with Gasteiger partial charge in [0.25, 0.3) is 0 Å². The van der Waals surface area contributed by atoms with E-state index in [2.05, 4.69) is 10.6 Å². The SMILES string of the molecule is Fc1ccc(F)c2c1CC(C1CCCNC1)N2. The van der Waals surface area contributed by atoms with E-state index in [0.717, 1.165) is 25.9 Å². The zero-order valence-corrected chi connectivity index (χ0v) is 9.60. The molecule has 17 heavy (non-hydrogen) atoms. The standard InChI is InChI=1S/C13H16F2N2/c14-10-3-4-11(15)13-9(10)6-12(17-13)8-2-1-5-16-7-8/h3-4,8,12,16-17H,1-2,5-7H2. The number of piperidine rings is 1. The van der Waals surface area contributed by atoms with E-state index < -0.39 is 0 Å². The Balaban J connectivity index is 1.82. The lowest BCUT2D eigenvalue weighted by atomic mass is 9.90. The molecule has 2 aliphatic rings. The second kappa shape index (κ2) is 4.26. The molecule has 2 atom stereocenters. The molecule has 2 aliphatic heterocycles. The first-order chi connectivity index (χ1) is 8.25. The molecule has 1 aromatic rings. The average Bonchev–Trinajstić information content (AvgIpc) is 2.81. The number of rotatable bonds is 1. The Morgan fingerprint density at radius 3 is 2.71 bits per heavy atom. The highest BCUT2D eigenvalue weighted by Gasteiger charge is 2.32. The zero-order valence-electron chi connectivity index (χ0n) is 9.60. The second-order valence-electron chi connectivity index (χ2n) is 4.94. The van der Waals surface area contributed by atoms with Crippen LogP contribution in [0.15, 0.2) is 12.1 Å². The molecule has 0 amide bonds. The third kappa shape index (κ3) is 1.90. The van der Waals surface area contributed by atoms with Gasteiger partial charge in [0.2, 0.25) is 0 Å². The zero-order chi connectivity index (χ0) is 11.8. The van der Waals surface area contributed by atoms with Crippen molar-refractivity contribution in [1.29, 1.82) is 0 Å². The predicted octanol–water partition coefficient (Wildman–Crippen LogP) is 2.30. The molecule has 4 heteroatoms. The van der Waals surface area contributed by atoms with Crippen LogP contribution in [-0.4, -0.2) is 19.1 Å². The number of nitrogens with one attached hydrogen (secondary N) is 2. The van der Waals surface area contributed by atoms with Crippen molar-refractivity contribution in [1.82, 2.24) is 5.32 Å². The van der Waals surface area contributed by atoms with Crippen molar-refractivity contribution in [3.05, 3.63) is 29.3 Å². The minimum atomic E-state index is -0.340. The van der Waals surface area contributed by atoms with Crippen molar-refractivity contribution >= 4 is 5.69 Å². The van der Waals surface area contributed by atoms with Crippen LogP contribution in [0.25, 0.3) is 0 Å². The summed E-state index contributed by atoms with van der Waals surface area (Å²) in [7, 11) is 0. The summed E-state index contributed by atoms with van der Waals surface area (Å²) in [6.07, 6.45) is 2.87. The van der Waals surface area contributed by atoms with Gasteiger partial charge in [0.15, 0.2) is 0 Å². The fourth-order valence-corrected chi connectivity index (χ4v) is 2.91. The molecule has 1 aromatic carbocycles. The number of fused-ring (bicyclic) bond motifs is 1. The van der Waals surface area contributed by atoms with Crippen LogP contribution in [0, 0.1) is 17.6 Å². The highest BCUT2D eigenvalue weighted by molar-refractivity contribution is 5.58. The lowest BCUT2D eigenvalue weighted by molar-refractivity contribution is 0.338. The van der Waals surface area contributed by atoms with Crippen LogP contribution < -0.4 is 10.6 Å². The van der Waals surface area contributed by atoms with E-state index in [9.17, 15) is 8.78 Å². The summed E-state index contributed by atoms with van der Waals surface area (Å²) in [6.45, 7) is 1.99. The topological polar surface area (TPSA) is 24.1 Å². The molecule has 0 radical (unpaired) electrons. The third-order valence-corrected chi connectivity index (χ3v) is 3.86. The summed E-state index contributed by atoms with van der Waals surface area (Å²) in [5.41, 5.74) is 0.890. The normalized spacial score (nSPS) is 27.6. The van der Waals surface area contributed by atoms with Crippen LogP contribution in [0.5, 0.6) is 0 Å². The van der Waals surface area contributed by atoms with Crippen LogP contribution in [0.1, 0.15) is 18.4 Å². The highest BCUT2D eigenvalue weighted by Crippen LogP contribution is 2.34. The molecule has 3 rings (SSSR count). The van der Waals surface area contributed by atoms with E-state index in [0.29, 0.717) is 23.6 Å². The molecule has 0 aromatic heterocycles. The first kappa shape index (κ1) is 11.0. The Morgan fingerprint density at radius 2 is 2.00 bits per heavy atom. The lowest BCUT2D eigenvalue weighted by Gasteiger charge is -2.28. The Morgan fingerprint density at radius 1 is 1.18 bits per heavy atom. The van der Waals surface area contributed by atoms with Crippen LogP contribution in [-0.2, 0) is 6.42 Å². The van der Waals surface area contributed by atoms with Gasteiger partial charge in [-0.1, -0.05) is 0 Å². The Labute approximate surface area is 99.4 Å². The van der Waals surface area contributed by atoms with Crippen molar-refractivity contribution in [2.24, 2.45) is 5.92 Å². The first-order valence-corrected chi connectivity index (χ1v) is 6.20. The van der Waals surface area contributed by atoms with Crippen molar-refractivity contribution < 1.29 is 8.78 Å². The van der Waals surface area contributed by atoms with Gasteiger partial charge in [-0.25, -0.2) is 8.78 Å². The lowest BCUT2D eigenvalue weighted by Crippen LogP contribution is -2.39. The van der Waals surface area contributed by atoms with Crippen molar-refractivity contribution in [2.75, 3.05) is 18.4 Å². The minimum Gasteiger partial charge on any atom is -0.379 e. The highest BCUT2D eigenvalue weighted by atomic mass is 19.1. The van der Waals surface area contributed by atoms with Crippen LogP contribution in [0.4, 0.5) is 14.5 Å². The van der Waals surface area contributed by atoms with Gasteiger partial charge in [0.1, 0.15) is 11.6 Å². The molecule has 0 aliphatic carbocycles. The number of hydrogen-bond acceptors (Lipinski definition) is 2. The van der Waals surface area contributed by atoms with Crippen LogP contribution in [0.3, 0.4) is 0 Å². The predicted molar refractivity (Wildman–Crippen MR) is 63.1 cm³/mol. The molecule has 0 saturated carbocycles. The molecular formula is C13H16F2N2. The van der Waals surface area contributed by atoms with E-state index >= 15 is 0 Å². The third-order valence-electron chi connectivity index (χ3n) is 3.86. The first-order valence-electron chi connectivity index (χ1n) is 6.20. The Hall–Kier alpha value is -1.16. The van der Waals surface area contributed by atoms with Crippen molar-refractivity contribution in [3.8, 4) is 0 Å². The summed E-state index contributed by atoms with van der Waals surface area (Å²) in [4.78, 5) is 0. The fraction of sp³-hybridized carbons (Fsp3) is 0.538. The van der Waals surface area contributed by atoms with Crippen molar-refractivity contribution in [2.45, 2.75) is 25.3 Å². The molecule has 0 spiro atoms. The molecule has 1 saturated heterocycles. The number of benzene rings is 1. The molecular weight excluding hydrogens is 222 g/mol. The van der Waals surface area contributed by atoms with E-state index in [4.69, 9.17) is 0 Å². The quantitative estimate of drug-likeness (QED) is 0.784. The largest absolute Gasteiger partial charge is 0.379 e. The molecule has 2 N–H and O–H groups in total. The van der Waals surface area contributed by atoms with Crippen LogP contribution in [0.2, 0.25) is 0 Å². The number of anilines is 1. The molecule has 2 heterocycles. The van der Waals surface area contributed by atoms with E-state index in [1.807, 2.05) is 0 Å². The summed E-state index contributed by atoms with van der Waals surface area (Å²) >= 11 is 0. The van der Waals surface area contributed by atoms with Gasteiger partial charge in [0.05, 0.1) is 5.69 Å². The maximum absolute atomic E-state index is 13.6. The van der Waals surface area contributed by atoms with Gasteiger partial charge in [-0.15, -0.1) is 0 Å². The van der Waals surface area contributed by atoms with E-state index in [1.165, 1.54) is 12.1 Å². The van der Waals surface area contributed by atoms with Crippen LogP contribution >= 0.6 is 0 Å². The summed E-state index contributed by atoms with van der Waals surface area (Å²) in [5.74, 6) is -0.164. The summed E-state index contributed by atoms with van der Waals surface area (Å²) in [5, 5.41) is 6.50. The van der Waals surface area contributed by atoms with E-state index in [1.54, 1.807) is 0 Å². The Bertz CT molecular complexity index is 397. The molecule has 1 fully saturated rings. The van der Waals surface area contributed by atoms with Gasteiger partial charge in [-0.2, -0.15) is 0 Å².